The first-order valence-electron chi connectivity index (χ1n) is 13.1. The van der Waals surface area contributed by atoms with E-state index in [2.05, 4.69) is 5.32 Å². The van der Waals surface area contributed by atoms with E-state index < -0.39 is 34.1 Å². The number of hydrogen-bond acceptors (Lipinski definition) is 4. The van der Waals surface area contributed by atoms with Crippen molar-refractivity contribution in [1.29, 1.82) is 0 Å². The lowest BCUT2D eigenvalue weighted by atomic mass is 10.0. The Balaban J connectivity index is 2.07. The fourth-order valence-corrected chi connectivity index (χ4v) is 5.74. The SMILES string of the molecule is CCC(C(=O)NC(C)(C)C)N(Cc1ccccc1C)C(=O)CN(c1ccc(C)cc1)S(=O)(=O)c1ccccc1. The average molecular weight is 550 g/mol. The summed E-state index contributed by atoms with van der Waals surface area (Å²) in [7, 11) is -4.07. The van der Waals surface area contributed by atoms with E-state index in [-0.39, 0.29) is 17.3 Å². The fraction of sp³-hybridized carbons (Fsp3) is 0.355. The van der Waals surface area contributed by atoms with E-state index in [0.29, 0.717) is 12.1 Å². The van der Waals surface area contributed by atoms with E-state index in [1.165, 1.54) is 17.0 Å². The van der Waals surface area contributed by atoms with Gasteiger partial charge in [-0.15, -0.1) is 0 Å². The van der Waals surface area contributed by atoms with Crippen LogP contribution in [0.25, 0.3) is 0 Å². The second-order valence-electron chi connectivity index (χ2n) is 10.8. The van der Waals surface area contributed by atoms with Crippen LogP contribution in [0, 0.1) is 13.8 Å². The van der Waals surface area contributed by atoms with Gasteiger partial charge < -0.3 is 10.2 Å². The van der Waals surface area contributed by atoms with Gasteiger partial charge in [0.15, 0.2) is 0 Å². The zero-order valence-electron chi connectivity index (χ0n) is 23.6. The number of amides is 2. The first-order chi connectivity index (χ1) is 18.3. The molecule has 1 N–H and O–H groups in total. The number of anilines is 1. The van der Waals surface area contributed by atoms with E-state index in [1.807, 2.05) is 77.9 Å². The summed E-state index contributed by atoms with van der Waals surface area (Å²) in [5.41, 5.74) is 2.72. The van der Waals surface area contributed by atoms with Crippen molar-refractivity contribution in [2.24, 2.45) is 0 Å². The highest BCUT2D eigenvalue weighted by molar-refractivity contribution is 7.92. The lowest BCUT2D eigenvalue weighted by Gasteiger charge is -2.35. The largest absolute Gasteiger partial charge is 0.350 e. The van der Waals surface area contributed by atoms with Crippen molar-refractivity contribution < 1.29 is 18.0 Å². The van der Waals surface area contributed by atoms with Crippen LogP contribution < -0.4 is 9.62 Å². The van der Waals surface area contributed by atoms with Crippen LogP contribution in [-0.4, -0.2) is 43.3 Å². The predicted octanol–water partition coefficient (Wildman–Crippen LogP) is 5.22. The van der Waals surface area contributed by atoms with Gasteiger partial charge >= 0.3 is 0 Å². The molecule has 8 heteroatoms. The lowest BCUT2D eigenvalue weighted by molar-refractivity contribution is -0.141. The summed E-state index contributed by atoms with van der Waals surface area (Å²) in [6.45, 7) is 11.1. The van der Waals surface area contributed by atoms with Gasteiger partial charge in [-0.2, -0.15) is 0 Å². The molecule has 1 unspecified atom stereocenters. The van der Waals surface area contributed by atoms with Crippen molar-refractivity contribution in [1.82, 2.24) is 10.2 Å². The van der Waals surface area contributed by atoms with Crippen molar-refractivity contribution in [3.63, 3.8) is 0 Å². The Hall–Kier alpha value is -3.65. The van der Waals surface area contributed by atoms with Crippen LogP contribution in [-0.2, 0) is 26.2 Å². The summed E-state index contributed by atoms with van der Waals surface area (Å²) < 4.78 is 28.8. The third kappa shape index (κ3) is 7.69. The molecular weight excluding hydrogens is 510 g/mol. The quantitative estimate of drug-likeness (QED) is 0.376. The smallest absolute Gasteiger partial charge is 0.264 e. The topological polar surface area (TPSA) is 86.8 Å². The number of rotatable bonds is 10. The molecule has 0 saturated heterocycles. The molecule has 7 nitrogen and oxygen atoms in total. The predicted molar refractivity (Wildman–Crippen MR) is 156 cm³/mol. The number of aryl methyl sites for hydroxylation is 2. The van der Waals surface area contributed by atoms with Gasteiger partial charge in [0, 0.05) is 12.1 Å². The van der Waals surface area contributed by atoms with Gasteiger partial charge in [0.1, 0.15) is 12.6 Å². The van der Waals surface area contributed by atoms with Crippen molar-refractivity contribution in [2.45, 2.75) is 71.0 Å². The monoisotopic (exact) mass is 549 g/mol. The summed E-state index contributed by atoms with van der Waals surface area (Å²) in [5, 5.41) is 2.99. The zero-order chi connectivity index (χ0) is 28.8. The molecular formula is C31H39N3O4S. The molecule has 3 rings (SSSR count). The van der Waals surface area contributed by atoms with Crippen molar-refractivity contribution in [3.8, 4) is 0 Å². The maximum absolute atomic E-state index is 14.1. The van der Waals surface area contributed by atoms with Gasteiger partial charge in [-0.3, -0.25) is 13.9 Å². The molecule has 0 spiro atoms. The Labute approximate surface area is 232 Å². The molecule has 0 bridgehead atoms. The summed E-state index contributed by atoms with van der Waals surface area (Å²) in [6.07, 6.45) is 0.371. The normalized spacial score (nSPS) is 12.5. The maximum atomic E-state index is 14.1. The summed E-state index contributed by atoms with van der Waals surface area (Å²) >= 11 is 0. The first-order valence-corrected chi connectivity index (χ1v) is 14.6. The van der Waals surface area contributed by atoms with E-state index in [9.17, 15) is 18.0 Å². The first kappa shape index (κ1) is 29.9. The van der Waals surface area contributed by atoms with Crippen molar-refractivity contribution in [2.75, 3.05) is 10.8 Å². The Morgan fingerprint density at radius 2 is 1.46 bits per heavy atom. The molecule has 2 amide bonds. The molecule has 0 heterocycles. The minimum absolute atomic E-state index is 0.0846. The number of nitrogens with one attached hydrogen (secondary N) is 1. The zero-order valence-corrected chi connectivity index (χ0v) is 24.5. The summed E-state index contributed by atoms with van der Waals surface area (Å²) in [6, 6.07) is 22.0. The number of hydrogen-bond donors (Lipinski definition) is 1. The lowest BCUT2D eigenvalue weighted by Crippen LogP contribution is -2.55. The van der Waals surface area contributed by atoms with Crippen LogP contribution in [0.5, 0.6) is 0 Å². The fourth-order valence-electron chi connectivity index (χ4n) is 4.30. The number of carbonyl (C=O) groups is 2. The highest BCUT2D eigenvalue weighted by Gasteiger charge is 2.34. The second kappa shape index (κ2) is 12.5. The number of nitrogens with zero attached hydrogens (tertiary/aromatic N) is 2. The standard InChI is InChI=1S/C31H39N3O4S/c1-7-28(30(36)32-31(4,5)6)33(21-25-14-12-11-13-24(25)3)29(35)22-34(26-19-17-23(2)18-20-26)39(37,38)27-15-9-8-10-16-27/h8-20,28H,7,21-22H2,1-6H3,(H,32,36). The Kier molecular flexibility index (Phi) is 9.56. The van der Waals surface area contributed by atoms with Gasteiger partial charge in [-0.1, -0.05) is 67.1 Å². The van der Waals surface area contributed by atoms with Gasteiger partial charge in [-0.05, 0) is 76.4 Å². The molecule has 0 aliphatic rings. The number of benzene rings is 3. The molecule has 0 radical (unpaired) electrons. The van der Waals surface area contributed by atoms with Crippen LogP contribution in [0.3, 0.4) is 0 Å². The summed E-state index contributed by atoms with van der Waals surface area (Å²) in [4.78, 5) is 29.1. The molecule has 0 aromatic heterocycles. The van der Waals surface area contributed by atoms with E-state index in [0.717, 1.165) is 21.0 Å². The van der Waals surface area contributed by atoms with E-state index in [1.54, 1.807) is 30.3 Å². The van der Waals surface area contributed by atoms with Crippen LogP contribution in [0.4, 0.5) is 5.69 Å². The third-order valence-electron chi connectivity index (χ3n) is 6.42. The van der Waals surface area contributed by atoms with Crippen molar-refractivity contribution >= 4 is 27.5 Å². The third-order valence-corrected chi connectivity index (χ3v) is 8.21. The maximum Gasteiger partial charge on any atom is 0.264 e. The van der Waals surface area contributed by atoms with E-state index in [4.69, 9.17) is 0 Å². The minimum atomic E-state index is -4.07. The Morgan fingerprint density at radius 3 is 2.03 bits per heavy atom. The molecule has 0 fully saturated rings. The van der Waals surface area contributed by atoms with E-state index >= 15 is 0 Å². The van der Waals surface area contributed by atoms with Gasteiger partial charge in [0.25, 0.3) is 10.0 Å². The van der Waals surface area contributed by atoms with Crippen LogP contribution >= 0.6 is 0 Å². The highest BCUT2D eigenvalue weighted by atomic mass is 32.2. The van der Waals surface area contributed by atoms with Crippen LogP contribution in [0.15, 0.2) is 83.8 Å². The Morgan fingerprint density at radius 1 is 0.872 bits per heavy atom. The van der Waals surface area contributed by atoms with Crippen LogP contribution in [0.1, 0.15) is 50.8 Å². The second-order valence-corrected chi connectivity index (χ2v) is 12.6. The number of sulfonamides is 1. The summed E-state index contributed by atoms with van der Waals surface area (Å²) in [5.74, 6) is -0.742. The highest BCUT2D eigenvalue weighted by Crippen LogP contribution is 2.25. The van der Waals surface area contributed by atoms with Crippen LogP contribution in [0.2, 0.25) is 0 Å². The number of carbonyl (C=O) groups excluding carboxylic acids is 2. The molecule has 208 valence electrons. The molecule has 0 aliphatic carbocycles. The van der Waals surface area contributed by atoms with Gasteiger partial charge in [-0.25, -0.2) is 8.42 Å². The van der Waals surface area contributed by atoms with Crippen molar-refractivity contribution in [3.05, 3.63) is 95.6 Å². The van der Waals surface area contributed by atoms with Gasteiger partial charge in [0.05, 0.1) is 10.6 Å². The molecule has 3 aromatic rings. The molecule has 3 aromatic carbocycles. The van der Waals surface area contributed by atoms with Gasteiger partial charge in [0.2, 0.25) is 11.8 Å². The molecule has 1 atom stereocenters. The average Bonchev–Trinajstić information content (AvgIpc) is 2.88. The Bertz CT molecular complexity index is 1380. The molecule has 0 aliphatic heterocycles. The molecule has 0 saturated carbocycles. The minimum Gasteiger partial charge on any atom is -0.350 e. The molecule has 39 heavy (non-hydrogen) atoms.